The molecular formula is C18H22ClN3O7S. The van der Waals surface area contributed by atoms with Crippen molar-refractivity contribution in [1.82, 2.24) is 10.6 Å². The van der Waals surface area contributed by atoms with E-state index in [4.69, 9.17) is 27.5 Å². The third-order valence-electron chi connectivity index (χ3n) is 3.76. The van der Waals surface area contributed by atoms with Crippen LogP contribution in [0.3, 0.4) is 0 Å². The van der Waals surface area contributed by atoms with Crippen LogP contribution in [-0.2, 0) is 19.2 Å². The van der Waals surface area contributed by atoms with E-state index in [-0.39, 0.29) is 30.1 Å². The first-order valence-electron chi connectivity index (χ1n) is 8.74. The molecule has 2 amide bonds. The summed E-state index contributed by atoms with van der Waals surface area (Å²) < 4.78 is 0. The molecule has 164 valence electrons. The zero-order valence-corrected chi connectivity index (χ0v) is 17.4. The summed E-state index contributed by atoms with van der Waals surface area (Å²) in [6.07, 6.45) is -0.373. The first-order valence-corrected chi connectivity index (χ1v) is 10.3. The first kappa shape index (κ1) is 25.4. The van der Waals surface area contributed by atoms with Gasteiger partial charge in [-0.05, 0) is 18.6 Å². The zero-order valence-electron chi connectivity index (χ0n) is 15.8. The summed E-state index contributed by atoms with van der Waals surface area (Å²) in [6, 6.07) is 4.13. The van der Waals surface area contributed by atoms with Gasteiger partial charge in [0, 0.05) is 17.7 Å². The summed E-state index contributed by atoms with van der Waals surface area (Å²) in [6.45, 7) is -0.641. The van der Waals surface area contributed by atoms with Crippen molar-refractivity contribution in [3.05, 3.63) is 34.9 Å². The number of hydrogen-bond donors (Lipinski definition) is 5. The molecule has 1 aromatic carbocycles. The standard InChI is InChI=1S/C18H22ClN3O7S/c19-11-4-2-1-3-10(11)14(23)9-30-8-13(17(27)21-7-16(25)26)22-15(24)6-5-12(20)18(28)29/h1-4,12-13H,5-9,20H2,(H,21,27)(H,22,24)(H,25,26)(H,28,29). The Labute approximate surface area is 181 Å². The minimum atomic E-state index is -1.26. The van der Waals surface area contributed by atoms with E-state index in [0.29, 0.717) is 10.6 Å². The molecular weight excluding hydrogens is 438 g/mol. The number of rotatable bonds is 13. The fraction of sp³-hybridized carbons (Fsp3) is 0.389. The van der Waals surface area contributed by atoms with Gasteiger partial charge in [0.05, 0.1) is 10.8 Å². The van der Waals surface area contributed by atoms with Gasteiger partial charge < -0.3 is 26.6 Å². The SMILES string of the molecule is NC(CCC(=O)NC(CSCC(=O)c1ccccc1Cl)C(=O)NCC(=O)O)C(=O)O. The number of ketones is 1. The molecule has 0 aliphatic carbocycles. The highest BCUT2D eigenvalue weighted by Gasteiger charge is 2.23. The molecule has 0 bridgehead atoms. The Balaban J connectivity index is 2.66. The molecule has 30 heavy (non-hydrogen) atoms. The van der Waals surface area contributed by atoms with Crippen LogP contribution >= 0.6 is 23.4 Å². The summed E-state index contributed by atoms with van der Waals surface area (Å²) in [4.78, 5) is 57.9. The second-order valence-electron chi connectivity index (χ2n) is 6.13. The van der Waals surface area contributed by atoms with E-state index in [1.807, 2.05) is 0 Å². The number of benzene rings is 1. The Morgan fingerprint density at radius 2 is 1.80 bits per heavy atom. The lowest BCUT2D eigenvalue weighted by molar-refractivity contribution is -0.139. The van der Waals surface area contributed by atoms with Gasteiger partial charge in [-0.3, -0.25) is 24.0 Å². The van der Waals surface area contributed by atoms with Crippen molar-refractivity contribution >= 4 is 52.9 Å². The predicted molar refractivity (Wildman–Crippen MR) is 111 cm³/mol. The third kappa shape index (κ3) is 9.25. The van der Waals surface area contributed by atoms with Crippen molar-refractivity contribution in [2.24, 2.45) is 5.73 Å². The Hall–Kier alpha value is -2.63. The highest BCUT2D eigenvalue weighted by molar-refractivity contribution is 8.00. The number of nitrogens with one attached hydrogen (secondary N) is 2. The Morgan fingerprint density at radius 3 is 2.40 bits per heavy atom. The molecule has 0 aliphatic heterocycles. The van der Waals surface area contributed by atoms with Crippen LogP contribution in [0.4, 0.5) is 0 Å². The molecule has 1 rings (SSSR count). The van der Waals surface area contributed by atoms with Gasteiger partial charge in [0.25, 0.3) is 0 Å². The van der Waals surface area contributed by atoms with Crippen LogP contribution in [0.2, 0.25) is 5.02 Å². The van der Waals surface area contributed by atoms with Crippen LogP contribution < -0.4 is 16.4 Å². The number of Topliss-reactive ketones (excluding diaryl/α,β-unsaturated/α-hetero) is 1. The van der Waals surface area contributed by atoms with Crippen LogP contribution in [0.1, 0.15) is 23.2 Å². The van der Waals surface area contributed by atoms with E-state index in [1.54, 1.807) is 24.3 Å². The van der Waals surface area contributed by atoms with Crippen LogP contribution in [0, 0.1) is 0 Å². The molecule has 0 saturated heterocycles. The number of halogens is 1. The second-order valence-corrected chi connectivity index (χ2v) is 7.57. The maximum absolute atomic E-state index is 12.3. The lowest BCUT2D eigenvalue weighted by Crippen LogP contribution is -2.49. The van der Waals surface area contributed by atoms with E-state index in [2.05, 4.69) is 10.6 Å². The van der Waals surface area contributed by atoms with Gasteiger partial charge in [-0.1, -0.05) is 23.7 Å². The quantitative estimate of drug-likeness (QED) is 0.256. The molecule has 0 aliphatic rings. The predicted octanol–water partition coefficient (Wildman–Crippen LogP) is 0.134. The van der Waals surface area contributed by atoms with Crippen molar-refractivity contribution in [2.45, 2.75) is 24.9 Å². The lowest BCUT2D eigenvalue weighted by atomic mass is 10.1. The molecule has 0 aromatic heterocycles. The van der Waals surface area contributed by atoms with Gasteiger partial charge >= 0.3 is 11.9 Å². The van der Waals surface area contributed by atoms with Crippen molar-refractivity contribution in [3.8, 4) is 0 Å². The van der Waals surface area contributed by atoms with Gasteiger partial charge in [-0.15, -0.1) is 0 Å². The number of nitrogens with two attached hydrogens (primary N) is 1. The van der Waals surface area contributed by atoms with Gasteiger partial charge in [0.1, 0.15) is 18.6 Å². The number of carbonyl (C=O) groups excluding carboxylic acids is 3. The van der Waals surface area contributed by atoms with Gasteiger partial charge in [0.2, 0.25) is 11.8 Å². The molecule has 2 unspecified atom stereocenters. The molecule has 0 radical (unpaired) electrons. The van der Waals surface area contributed by atoms with Crippen LogP contribution in [0.25, 0.3) is 0 Å². The highest BCUT2D eigenvalue weighted by Crippen LogP contribution is 2.18. The number of carbonyl (C=O) groups is 5. The maximum atomic E-state index is 12.3. The summed E-state index contributed by atoms with van der Waals surface area (Å²) in [7, 11) is 0. The third-order valence-corrected chi connectivity index (χ3v) is 5.12. The van der Waals surface area contributed by atoms with E-state index in [0.717, 1.165) is 11.8 Å². The normalized spacial score (nSPS) is 12.5. The smallest absolute Gasteiger partial charge is 0.322 e. The zero-order chi connectivity index (χ0) is 22.7. The van der Waals surface area contributed by atoms with Gasteiger partial charge in [0.15, 0.2) is 5.78 Å². The second kappa shape index (κ2) is 12.8. The summed E-state index contributed by atoms with van der Waals surface area (Å²) >= 11 is 7.03. The van der Waals surface area contributed by atoms with Crippen LogP contribution in [-0.4, -0.2) is 69.9 Å². The van der Waals surface area contributed by atoms with Crippen molar-refractivity contribution in [1.29, 1.82) is 0 Å². The molecule has 0 fully saturated rings. The lowest BCUT2D eigenvalue weighted by Gasteiger charge is -2.18. The molecule has 1 aromatic rings. The number of thioether (sulfide) groups is 1. The van der Waals surface area contributed by atoms with E-state index in [9.17, 15) is 24.0 Å². The minimum absolute atomic E-state index is 0.0155. The van der Waals surface area contributed by atoms with Crippen molar-refractivity contribution in [3.63, 3.8) is 0 Å². The molecule has 12 heteroatoms. The van der Waals surface area contributed by atoms with Crippen molar-refractivity contribution in [2.75, 3.05) is 18.1 Å². The average molecular weight is 460 g/mol. The van der Waals surface area contributed by atoms with E-state index >= 15 is 0 Å². The average Bonchev–Trinajstić information content (AvgIpc) is 2.69. The summed E-state index contributed by atoms with van der Waals surface area (Å²) in [5.41, 5.74) is 5.67. The van der Waals surface area contributed by atoms with Crippen LogP contribution in [0.15, 0.2) is 24.3 Å². The number of aliphatic carboxylic acids is 2. The highest BCUT2D eigenvalue weighted by atomic mass is 35.5. The molecule has 2 atom stereocenters. The molecule has 0 spiro atoms. The molecule has 0 saturated carbocycles. The van der Waals surface area contributed by atoms with Crippen LogP contribution in [0.5, 0.6) is 0 Å². The first-order chi connectivity index (χ1) is 14.1. The number of hydrogen-bond acceptors (Lipinski definition) is 7. The number of carboxylic acids is 2. The number of carboxylic acid groups (broad SMARTS) is 2. The monoisotopic (exact) mass is 459 g/mol. The molecule has 6 N–H and O–H groups in total. The topological polar surface area (TPSA) is 176 Å². The largest absolute Gasteiger partial charge is 0.480 e. The maximum Gasteiger partial charge on any atom is 0.322 e. The van der Waals surface area contributed by atoms with E-state index in [1.165, 1.54) is 0 Å². The van der Waals surface area contributed by atoms with Gasteiger partial charge in [-0.2, -0.15) is 11.8 Å². The Kier molecular flexibility index (Phi) is 10.9. The number of amides is 2. The Morgan fingerprint density at radius 1 is 1.13 bits per heavy atom. The minimum Gasteiger partial charge on any atom is -0.480 e. The van der Waals surface area contributed by atoms with Crippen molar-refractivity contribution < 1.29 is 34.2 Å². The summed E-state index contributed by atoms with van der Waals surface area (Å²) in [5.74, 6) is -4.19. The van der Waals surface area contributed by atoms with E-state index < -0.39 is 42.4 Å². The fourth-order valence-electron chi connectivity index (χ4n) is 2.18. The molecule has 10 nitrogen and oxygen atoms in total. The summed E-state index contributed by atoms with van der Waals surface area (Å²) in [5, 5.41) is 22.3. The fourth-order valence-corrected chi connectivity index (χ4v) is 3.35. The Bertz CT molecular complexity index is 806. The molecule has 0 heterocycles. The van der Waals surface area contributed by atoms with Gasteiger partial charge in [-0.25, -0.2) is 0 Å².